The van der Waals surface area contributed by atoms with E-state index in [-0.39, 0.29) is 11.9 Å². The van der Waals surface area contributed by atoms with Gasteiger partial charge in [0.15, 0.2) is 0 Å². The average molecular weight is 412 g/mol. The summed E-state index contributed by atoms with van der Waals surface area (Å²) in [5.41, 5.74) is 2.55. The fraction of sp³-hybridized carbons (Fsp3) is 0.200. The SMILES string of the molecule is C[C@H]1CN(c2ccc(C(F)(F)F)cc2)C(=O)c2c(-c3ccc4[nH]ncc4n3)cnn21. The van der Waals surface area contributed by atoms with Crippen LogP contribution in [0.25, 0.3) is 22.3 Å². The topological polar surface area (TPSA) is 79.7 Å². The highest BCUT2D eigenvalue weighted by atomic mass is 19.4. The standard InChI is InChI=1S/C20H15F3N6O/c1-11-10-28(13-4-2-12(3-5-13)20(21,22)23)19(30)18-14(8-25-29(11)18)15-6-7-16-17(26-15)9-24-27-16/h2-9,11H,10H2,1H3,(H,24,27)/t11-/m0/s1. The van der Waals surface area contributed by atoms with Gasteiger partial charge < -0.3 is 4.90 Å². The fourth-order valence-electron chi connectivity index (χ4n) is 3.68. The number of benzene rings is 1. The Labute approximate surface area is 168 Å². The number of pyridine rings is 1. The van der Waals surface area contributed by atoms with Crippen molar-refractivity contribution in [3.63, 3.8) is 0 Å². The molecule has 152 valence electrons. The number of fused-ring (bicyclic) bond motifs is 2. The zero-order chi connectivity index (χ0) is 21.0. The molecule has 0 bridgehead atoms. The highest BCUT2D eigenvalue weighted by molar-refractivity contribution is 6.09. The molecule has 1 atom stereocenters. The van der Waals surface area contributed by atoms with Crippen LogP contribution in [0, 0.1) is 0 Å². The van der Waals surface area contributed by atoms with Crippen molar-refractivity contribution in [1.29, 1.82) is 0 Å². The number of aromatic nitrogens is 5. The Morgan fingerprint density at radius 3 is 2.60 bits per heavy atom. The molecule has 10 heteroatoms. The van der Waals surface area contributed by atoms with Gasteiger partial charge in [-0.1, -0.05) is 0 Å². The summed E-state index contributed by atoms with van der Waals surface area (Å²) in [6.45, 7) is 2.20. The first-order valence-electron chi connectivity index (χ1n) is 9.20. The molecule has 30 heavy (non-hydrogen) atoms. The van der Waals surface area contributed by atoms with Crippen molar-refractivity contribution in [2.45, 2.75) is 19.1 Å². The van der Waals surface area contributed by atoms with E-state index in [0.29, 0.717) is 34.7 Å². The third kappa shape index (κ3) is 2.83. The summed E-state index contributed by atoms with van der Waals surface area (Å²) < 4.78 is 40.3. The minimum atomic E-state index is -4.43. The molecule has 1 aromatic carbocycles. The van der Waals surface area contributed by atoms with E-state index in [4.69, 9.17) is 0 Å². The van der Waals surface area contributed by atoms with Gasteiger partial charge in [-0.25, -0.2) is 4.98 Å². The molecule has 0 radical (unpaired) electrons. The third-order valence-electron chi connectivity index (χ3n) is 5.19. The molecule has 0 saturated carbocycles. The summed E-state index contributed by atoms with van der Waals surface area (Å²) in [6, 6.07) is 8.02. The smallest absolute Gasteiger partial charge is 0.305 e. The monoisotopic (exact) mass is 412 g/mol. The molecule has 1 aliphatic rings. The zero-order valence-corrected chi connectivity index (χ0v) is 15.7. The highest BCUT2D eigenvalue weighted by Crippen LogP contribution is 2.34. The average Bonchev–Trinajstić information content (AvgIpc) is 3.37. The first-order valence-corrected chi connectivity index (χ1v) is 9.20. The molecule has 0 spiro atoms. The molecule has 0 fully saturated rings. The summed E-state index contributed by atoms with van der Waals surface area (Å²) in [7, 11) is 0. The molecule has 1 amide bonds. The maximum Gasteiger partial charge on any atom is 0.416 e. The number of halogens is 3. The van der Waals surface area contributed by atoms with Crippen LogP contribution in [0.5, 0.6) is 0 Å². The maximum absolute atomic E-state index is 13.3. The Kier molecular flexibility index (Phi) is 3.92. The molecule has 7 nitrogen and oxygen atoms in total. The lowest BCUT2D eigenvalue weighted by atomic mass is 10.1. The van der Waals surface area contributed by atoms with Gasteiger partial charge in [0.05, 0.1) is 40.8 Å². The van der Waals surface area contributed by atoms with E-state index < -0.39 is 11.7 Å². The van der Waals surface area contributed by atoms with Gasteiger partial charge in [0.2, 0.25) is 0 Å². The molecule has 1 aliphatic heterocycles. The molecule has 3 aromatic heterocycles. The van der Waals surface area contributed by atoms with E-state index in [1.165, 1.54) is 17.0 Å². The summed E-state index contributed by atoms with van der Waals surface area (Å²) >= 11 is 0. The number of carbonyl (C=O) groups is 1. The van der Waals surface area contributed by atoms with Crippen LogP contribution in [0.1, 0.15) is 29.0 Å². The molecular formula is C20H15F3N6O. The van der Waals surface area contributed by atoms with Crippen molar-refractivity contribution in [2.75, 3.05) is 11.4 Å². The van der Waals surface area contributed by atoms with Crippen molar-refractivity contribution in [3.05, 3.63) is 60.0 Å². The summed E-state index contributed by atoms with van der Waals surface area (Å²) in [6.07, 6.45) is -1.25. The Morgan fingerprint density at radius 1 is 1.10 bits per heavy atom. The molecule has 4 heterocycles. The second-order valence-corrected chi connectivity index (χ2v) is 7.16. The van der Waals surface area contributed by atoms with Gasteiger partial charge in [-0.2, -0.15) is 23.4 Å². The first kappa shape index (κ1) is 18.3. The second kappa shape index (κ2) is 6.41. The number of anilines is 1. The zero-order valence-electron chi connectivity index (χ0n) is 15.7. The maximum atomic E-state index is 13.3. The van der Waals surface area contributed by atoms with Crippen molar-refractivity contribution in [3.8, 4) is 11.3 Å². The number of alkyl halides is 3. The van der Waals surface area contributed by atoms with Gasteiger partial charge in [0, 0.05) is 12.2 Å². The van der Waals surface area contributed by atoms with Gasteiger partial charge in [0.25, 0.3) is 5.91 Å². The van der Waals surface area contributed by atoms with E-state index in [1.54, 1.807) is 23.1 Å². The Balaban J connectivity index is 1.56. The lowest BCUT2D eigenvalue weighted by molar-refractivity contribution is -0.137. The van der Waals surface area contributed by atoms with E-state index in [0.717, 1.165) is 17.6 Å². The van der Waals surface area contributed by atoms with E-state index in [9.17, 15) is 18.0 Å². The van der Waals surface area contributed by atoms with Crippen molar-refractivity contribution < 1.29 is 18.0 Å². The van der Waals surface area contributed by atoms with E-state index in [2.05, 4.69) is 20.3 Å². The molecule has 5 rings (SSSR count). The fourth-order valence-corrected chi connectivity index (χ4v) is 3.68. The quantitative estimate of drug-likeness (QED) is 0.539. The minimum absolute atomic E-state index is 0.161. The van der Waals surface area contributed by atoms with Gasteiger partial charge in [-0.05, 0) is 43.3 Å². The minimum Gasteiger partial charge on any atom is -0.305 e. The first-order chi connectivity index (χ1) is 14.3. The summed E-state index contributed by atoms with van der Waals surface area (Å²) in [5.74, 6) is -0.338. The molecule has 0 saturated heterocycles. The lowest BCUT2D eigenvalue weighted by Gasteiger charge is -2.32. The predicted octanol–water partition coefficient (Wildman–Crippen LogP) is 4.06. The van der Waals surface area contributed by atoms with E-state index >= 15 is 0 Å². The number of nitrogens with one attached hydrogen (secondary N) is 1. The van der Waals surface area contributed by atoms with Crippen LogP contribution in [-0.2, 0) is 6.18 Å². The van der Waals surface area contributed by atoms with Crippen molar-refractivity contribution >= 4 is 22.6 Å². The number of hydrogen-bond donors (Lipinski definition) is 1. The number of carbonyl (C=O) groups excluding carboxylic acids is 1. The van der Waals surface area contributed by atoms with Gasteiger partial charge >= 0.3 is 6.18 Å². The Morgan fingerprint density at radius 2 is 1.87 bits per heavy atom. The van der Waals surface area contributed by atoms with Crippen molar-refractivity contribution in [1.82, 2.24) is 25.0 Å². The number of amides is 1. The summed E-state index contributed by atoms with van der Waals surface area (Å²) in [4.78, 5) is 19.3. The molecule has 0 aliphatic carbocycles. The highest BCUT2D eigenvalue weighted by Gasteiger charge is 2.35. The predicted molar refractivity (Wildman–Crippen MR) is 103 cm³/mol. The molecular weight excluding hydrogens is 397 g/mol. The Bertz CT molecular complexity index is 1260. The van der Waals surface area contributed by atoms with Crippen molar-refractivity contribution in [2.24, 2.45) is 0 Å². The largest absolute Gasteiger partial charge is 0.416 e. The van der Waals surface area contributed by atoms with Crippen LogP contribution in [0.4, 0.5) is 18.9 Å². The van der Waals surface area contributed by atoms with Gasteiger partial charge in [-0.15, -0.1) is 0 Å². The van der Waals surface area contributed by atoms with Crippen LogP contribution in [0.2, 0.25) is 0 Å². The molecule has 4 aromatic rings. The lowest BCUT2D eigenvalue weighted by Crippen LogP contribution is -2.42. The van der Waals surface area contributed by atoms with E-state index in [1.807, 2.05) is 13.0 Å². The van der Waals surface area contributed by atoms with Crippen LogP contribution < -0.4 is 4.90 Å². The van der Waals surface area contributed by atoms with Crippen LogP contribution >= 0.6 is 0 Å². The number of nitrogens with zero attached hydrogens (tertiary/aromatic N) is 5. The molecule has 1 N–H and O–H groups in total. The third-order valence-corrected chi connectivity index (χ3v) is 5.19. The molecule has 0 unspecified atom stereocenters. The number of aromatic amines is 1. The number of hydrogen-bond acceptors (Lipinski definition) is 4. The van der Waals surface area contributed by atoms with Crippen LogP contribution in [0.15, 0.2) is 48.8 Å². The summed E-state index contributed by atoms with van der Waals surface area (Å²) in [5, 5.41) is 11.1. The normalized spacial score (nSPS) is 16.9. The van der Waals surface area contributed by atoms with Crippen LogP contribution in [-0.4, -0.2) is 37.4 Å². The number of H-pyrrole nitrogens is 1. The van der Waals surface area contributed by atoms with Gasteiger partial charge in [0.1, 0.15) is 11.2 Å². The number of rotatable bonds is 2. The van der Waals surface area contributed by atoms with Crippen LogP contribution in [0.3, 0.4) is 0 Å². The van der Waals surface area contributed by atoms with Gasteiger partial charge in [-0.3, -0.25) is 14.6 Å². The second-order valence-electron chi connectivity index (χ2n) is 7.16. The Hall–Kier alpha value is -3.69.